The average molecular weight is 262 g/mol. The third-order valence-corrected chi connectivity index (χ3v) is 4.70. The zero-order valence-corrected chi connectivity index (χ0v) is 12.5. The lowest BCUT2D eigenvalue weighted by Crippen LogP contribution is -2.53. The van der Waals surface area contributed by atoms with E-state index in [2.05, 4.69) is 18.7 Å². The van der Waals surface area contributed by atoms with E-state index in [0.29, 0.717) is 5.84 Å². The van der Waals surface area contributed by atoms with Crippen LogP contribution in [0.15, 0.2) is 24.3 Å². The number of rotatable bonds is 2. The molecule has 0 N–H and O–H groups in total. The van der Waals surface area contributed by atoms with Crippen LogP contribution in [0.3, 0.4) is 0 Å². The Bertz CT molecular complexity index is 515. The minimum absolute atomic E-state index is 0.232. The molecule has 1 aliphatic heterocycles. The van der Waals surface area contributed by atoms with Gasteiger partial charge in [0.05, 0.1) is 19.7 Å². The van der Waals surface area contributed by atoms with E-state index in [-0.39, 0.29) is 5.54 Å². The second-order valence-electron chi connectivity index (χ2n) is 6.02. The number of nitrogens with zero attached hydrogens (tertiary/aromatic N) is 2. The first-order chi connectivity index (χ1) is 8.73. The Kier molecular flexibility index (Phi) is 3.00. The molecule has 0 spiro atoms. The third kappa shape index (κ3) is 1.78. The molecule has 1 aromatic rings. The van der Waals surface area contributed by atoms with Crippen LogP contribution in [0.4, 0.5) is 0 Å². The van der Waals surface area contributed by atoms with Crippen molar-refractivity contribution in [1.82, 2.24) is 4.90 Å². The number of amidine groups is 1. The van der Waals surface area contributed by atoms with Crippen LogP contribution in [0.1, 0.15) is 33.3 Å². The maximum absolute atomic E-state index is 12.6. The summed E-state index contributed by atoms with van der Waals surface area (Å²) in [6.45, 7) is 8.14. The summed E-state index contributed by atoms with van der Waals surface area (Å²) in [5, 5.41) is 12.6. The molecule has 0 saturated heterocycles. The van der Waals surface area contributed by atoms with Crippen molar-refractivity contribution in [3.63, 3.8) is 0 Å². The maximum Gasteiger partial charge on any atom is 0.283 e. The zero-order chi connectivity index (χ0) is 14.4. The van der Waals surface area contributed by atoms with Crippen LogP contribution in [0, 0.1) is 5.21 Å². The fraction of sp³-hybridized carbons (Fsp3) is 0.533. The Morgan fingerprint density at radius 3 is 2.00 bits per heavy atom. The van der Waals surface area contributed by atoms with Gasteiger partial charge in [0.15, 0.2) is 0 Å². The number of methoxy groups -OCH3 is 1. The minimum Gasteiger partial charge on any atom is -0.715 e. The summed E-state index contributed by atoms with van der Waals surface area (Å²) in [5.41, 5.74) is 0.207. The first-order valence-electron chi connectivity index (χ1n) is 6.46. The van der Waals surface area contributed by atoms with E-state index < -0.39 is 5.54 Å². The normalized spacial score (nSPS) is 20.8. The van der Waals surface area contributed by atoms with E-state index in [1.807, 2.05) is 45.2 Å². The molecule has 0 unspecified atom stereocenters. The van der Waals surface area contributed by atoms with Gasteiger partial charge in [-0.3, -0.25) is 9.64 Å². The Morgan fingerprint density at radius 2 is 1.63 bits per heavy atom. The fourth-order valence-corrected chi connectivity index (χ4v) is 2.38. The van der Waals surface area contributed by atoms with Crippen LogP contribution in [-0.4, -0.2) is 40.7 Å². The Morgan fingerprint density at radius 1 is 1.11 bits per heavy atom. The van der Waals surface area contributed by atoms with Crippen molar-refractivity contribution in [2.45, 2.75) is 38.8 Å². The van der Waals surface area contributed by atoms with E-state index >= 15 is 0 Å². The molecular formula is C15H22N2O2. The van der Waals surface area contributed by atoms with Gasteiger partial charge in [-0.2, -0.15) is 0 Å². The summed E-state index contributed by atoms with van der Waals surface area (Å²) in [7, 11) is 3.61. The van der Waals surface area contributed by atoms with Gasteiger partial charge in [-0.05, 0) is 52.0 Å². The summed E-state index contributed by atoms with van der Waals surface area (Å²) >= 11 is 0. The molecule has 0 atom stereocenters. The van der Waals surface area contributed by atoms with Gasteiger partial charge in [0.25, 0.3) is 5.84 Å². The van der Waals surface area contributed by atoms with E-state index in [1.165, 1.54) is 0 Å². The van der Waals surface area contributed by atoms with Gasteiger partial charge in [-0.1, -0.05) is 0 Å². The van der Waals surface area contributed by atoms with Crippen LogP contribution >= 0.6 is 0 Å². The minimum atomic E-state index is -0.475. The number of hydrogen-bond acceptors (Lipinski definition) is 3. The van der Waals surface area contributed by atoms with Crippen LogP contribution in [0.5, 0.6) is 5.75 Å². The zero-order valence-electron chi connectivity index (χ0n) is 12.5. The smallest absolute Gasteiger partial charge is 0.283 e. The molecule has 1 heterocycles. The first-order valence-corrected chi connectivity index (χ1v) is 6.46. The average Bonchev–Trinajstić information content (AvgIpc) is 2.49. The van der Waals surface area contributed by atoms with Crippen molar-refractivity contribution in [2.24, 2.45) is 0 Å². The first kappa shape index (κ1) is 13.7. The van der Waals surface area contributed by atoms with E-state index in [4.69, 9.17) is 4.74 Å². The van der Waals surface area contributed by atoms with Gasteiger partial charge in [-0.25, -0.2) is 0 Å². The van der Waals surface area contributed by atoms with Crippen molar-refractivity contribution in [3.05, 3.63) is 35.0 Å². The molecule has 0 aliphatic carbocycles. The third-order valence-electron chi connectivity index (χ3n) is 4.70. The number of ether oxygens (including phenoxy) is 1. The van der Waals surface area contributed by atoms with Gasteiger partial charge in [0, 0.05) is 0 Å². The van der Waals surface area contributed by atoms with Crippen molar-refractivity contribution in [1.29, 1.82) is 0 Å². The molecule has 19 heavy (non-hydrogen) atoms. The predicted octanol–water partition coefficient (Wildman–Crippen LogP) is 2.45. The highest BCUT2D eigenvalue weighted by atomic mass is 16.5. The van der Waals surface area contributed by atoms with E-state index in [1.54, 1.807) is 7.11 Å². The number of benzene rings is 1. The molecule has 0 fully saturated rings. The van der Waals surface area contributed by atoms with Gasteiger partial charge in [0.1, 0.15) is 16.8 Å². The van der Waals surface area contributed by atoms with Crippen molar-refractivity contribution in [3.8, 4) is 5.75 Å². The molecule has 104 valence electrons. The van der Waals surface area contributed by atoms with Crippen molar-refractivity contribution < 1.29 is 9.48 Å². The topological polar surface area (TPSA) is 38.5 Å². The highest BCUT2D eigenvalue weighted by molar-refractivity contribution is 5.96. The lowest BCUT2D eigenvalue weighted by atomic mass is 9.83. The van der Waals surface area contributed by atoms with Crippen LogP contribution in [0.2, 0.25) is 0 Å². The van der Waals surface area contributed by atoms with Crippen LogP contribution < -0.4 is 4.74 Å². The molecule has 4 heteroatoms. The molecule has 0 aromatic heterocycles. The lowest BCUT2D eigenvalue weighted by molar-refractivity contribution is -0.539. The fourth-order valence-electron chi connectivity index (χ4n) is 2.38. The standard InChI is InChI=1S/C15H22N2O2/c1-14(2)15(3,4)17(18)13(16(14)5)11-7-9-12(19-6)10-8-11/h7-10H,1-6H3. The SMILES string of the molecule is COc1ccc(C2=[N+]([O-])C(C)(C)C(C)(C)N2C)cc1. The molecular weight excluding hydrogens is 240 g/mol. The Labute approximate surface area is 114 Å². The molecule has 2 rings (SSSR count). The summed E-state index contributed by atoms with van der Waals surface area (Å²) in [6, 6.07) is 7.60. The summed E-state index contributed by atoms with van der Waals surface area (Å²) in [4.78, 5) is 2.06. The number of hydroxylamine groups is 1. The molecule has 0 saturated carbocycles. The quantitative estimate of drug-likeness (QED) is 0.607. The molecule has 1 aromatic carbocycles. The number of hydrogen-bond donors (Lipinski definition) is 0. The Balaban J connectivity index is 2.52. The van der Waals surface area contributed by atoms with Crippen molar-refractivity contribution in [2.75, 3.05) is 14.2 Å². The summed E-state index contributed by atoms with van der Waals surface area (Å²) in [5.74, 6) is 1.50. The second kappa shape index (κ2) is 4.15. The molecule has 4 nitrogen and oxygen atoms in total. The highest BCUT2D eigenvalue weighted by Crippen LogP contribution is 2.37. The van der Waals surface area contributed by atoms with E-state index in [0.717, 1.165) is 16.1 Å². The van der Waals surface area contributed by atoms with Crippen LogP contribution in [-0.2, 0) is 0 Å². The van der Waals surface area contributed by atoms with Crippen LogP contribution in [0.25, 0.3) is 0 Å². The van der Waals surface area contributed by atoms with Crippen molar-refractivity contribution >= 4 is 5.84 Å². The molecule has 0 bridgehead atoms. The highest BCUT2D eigenvalue weighted by Gasteiger charge is 2.56. The second-order valence-corrected chi connectivity index (χ2v) is 6.02. The largest absolute Gasteiger partial charge is 0.715 e. The molecule has 0 amide bonds. The van der Waals surface area contributed by atoms with Gasteiger partial charge in [-0.15, -0.1) is 0 Å². The number of likely N-dealkylation sites (N-methyl/N-ethyl adjacent to an activating group) is 1. The maximum atomic E-state index is 12.6. The van der Waals surface area contributed by atoms with Gasteiger partial charge < -0.3 is 9.94 Å². The molecule has 0 radical (unpaired) electrons. The predicted molar refractivity (Wildman–Crippen MR) is 76.7 cm³/mol. The molecule has 1 aliphatic rings. The lowest BCUT2D eigenvalue weighted by Gasteiger charge is -2.35. The summed E-state index contributed by atoms with van der Waals surface area (Å²) in [6.07, 6.45) is 0. The Hall–Kier alpha value is -1.71. The van der Waals surface area contributed by atoms with Gasteiger partial charge in [0.2, 0.25) is 0 Å². The summed E-state index contributed by atoms with van der Waals surface area (Å²) < 4.78 is 6.27. The van der Waals surface area contributed by atoms with E-state index in [9.17, 15) is 5.21 Å². The van der Waals surface area contributed by atoms with Gasteiger partial charge >= 0.3 is 0 Å². The monoisotopic (exact) mass is 262 g/mol.